The van der Waals surface area contributed by atoms with Crippen LogP contribution < -0.4 is 5.32 Å². The summed E-state index contributed by atoms with van der Waals surface area (Å²) in [5, 5.41) is 7.24. The molecule has 2 aromatic rings. The second-order valence-electron chi connectivity index (χ2n) is 6.32. The van der Waals surface area contributed by atoms with Gasteiger partial charge in [-0.2, -0.15) is 5.10 Å². The third-order valence-electron chi connectivity index (χ3n) is 4.60. The van der Waals surface area contributed by atoms with E-state index in [1.807, 2.05) is 35.3 Å². The minimum Gasteiger partial charge on any atom is -0.352 e. The first-order valence-electron chi connectivity index (χ1n) is 8.30. The van der Waals surface area contributed by atoms with Crippen LogP contribution in [0, 0.1) is 5.92 Å². The molecule has 0 radical (unpaired) electrons. The van der Waals surface area contributed by atoms with Crippen molar-refractivity contribution in [2.45, 2.75) is 19.0 Å². The maximum atomic E-state index is 12.1. The van der Waals surface area contributed by atoms with E-state index < -0.39 is 0 Å². The van der Waals surface area contributed by atoms with Crippen LogP contribution in [0.3, 0.4) is 0 Å². The van der Waals surface area contributed by atoms with E-state index in [4.69, 9.17) is 0 Å². The van der Waals surface area contributed by atoms with Gasteiger partial charge in [0.2, 0.25) is 11.8 Å². The highest BCUT2D eigenvalue weighted by atomic mass is 16.2. The molecule has 6 heteroatoms. The molecule has 0 aliphatic carbocycles. The van der Waals surface area contributed by atoms with Crippen molar-refractivity contribution in [3.05, 3.63) is 66.5 Å². The maximum absolute atomic E-state index is 12.1. The highest BCUT2D eigenvalue weighted by Crippen LogP contribution is 2.36. The summed E-state index contributed by atoms with van der Waals surface area (Å²) in [6, 6.07) is 10.0. The highest BCUT2D eigenvalue weighted by molar-refractivity contribution is 5.87. The lowest BCUT2D eigenvalue weighted by atomic mass is 9.95. The molecule has 0 unspecified atom stereocenters. The molecule has 1 N–H and O–H groups in total. The van der Waals surface area contributed by atoms with Crippen molar-refractivity contribution in [3.8, 4) is 0 Å². The third kappa shape index (κ3) is 3.79. The molecule has 130 valence electrons. The van der Waals surface area contributed by atoms with Gasteiger partial charge >= 0.3 is 0 Å². The zero-order chi connectivity index (χ0) is 17.8. The minimum atomic E-state index is -0.222. The van der Waals surface area contributed by atoms with Crippen molar-refractivity contribution in [2.75, 3.05) is 13.6 Å². The molecular formula is C19H22N4O2. The van der Waals surface area contributed by atoms with E-state index in [0.29, 0.717) is 19.5 Å². The molecule has 6 nitrogen and oxygen atoms in total. The van der Waals surface area contributed by atoms with Gasteiger partial charge in [-0.15, -0.1) is 0 Å². The van der Waals surface area contributed by atoms with Gasteiger partial charge < -0.3 is 10.2 Å². The zero-order valence-corrected chi connectivity index (χ0v) is 14.3. The Morgan fingerprint density at radius 3 is 2.88 bits per heavy atom. The average molecular weight is 338 g/mol. The van der Waals surface area contributed by atoms with Crippen molar-refractivity contribution >= 4 is 11.8 Å². The lowest BCUT2D eigenvalue weighted by Crippen LogP contribution is -2.31. The van der Waals surface area contributed by atoms with Crippen LogP contribution in [0.2, 0.25) is 0 Å². The van der Waals surface area contributed by atoms with Gasteiger partial charge in [-0.3, -0.25) is 14.3 Å². The fourth-order valence-electron chi connectivity index (χ4n) is 3.32. The molecule has 1 aliphatic heterocycles. The summed E-state index contributed by atoms with van der Waals surface area (Å²) in [5.41, 5.74) is 2.16. The summed E-state index contributed by atoms with van der Waals surface area (Å²) in [6.07, 6.45) is 5.45. The summed E-state index contributed by atoms with van der Waals surface area (Å²) < 4.78 is 1.88. The molecule has 1 aromatic heterocycles. The molecule has 1 fully saturated rings. The van der Waals surface area contributed by atoms with Crippen molar-refractivity contribution < 1.29 is 9.59 Å². The number of carbonyl (C=O) groups excluding carboxylic acids is 2. The molecular weight excluding hydrogens is 316 g/mol. The van der Waals surface area contributed by atoms with Crippen LogP contribution in [0.15, 0.2) is 55.4 Å². The summed E-state index contributed by atoms with van der Waals surface area (Å²) >= 11 is 0. The lowest BCUT2D eigenvalue weighted by molar-refractivity contribution is -0.127. The van der Waals surface area contributed by atoms with Gasteiger partial charge in [0.15, 0.2) is 0 Å². The number of nitrogens with one attached hydrogen (secondary N) is 1. The van der Waals surface area contributed by atoms with E-state index in [9.17, 15) is 9.59 Å². The molecule has 0 bridgehead atoms. The third-order valence-corrected chi connectivity index (χ3v) is 4.60. The Morgan fingerprint density at radius 1 is 1.40 bits per heavy atom. The Balaban J connectivity index is 1.74. The summed E-state index contributed by atoms with van der Waals surface area (Å²) in [5.74, 6) is -0.116. The second-order valence-corrected chi connectivity index (χ2v) is 6.32. The Hall–Kier alpha value is -2.89. The average Bonchev–Trinajstić information content (AvgIpc) is 3.18. The smallest absolute Gasteiger partial charge is 0.243 e. The van der Waals surface area contributed by atoms with E-state index in [1.165, 1.54) is 11.6 Å². The van der Waals surface area contributed by atoms with Crippen LogP contribution in [-0.4, -0.2) is 40.1 Å². The molecule has 1 saturated heterocycles. The molecule has 0 spiro atoms. The number of carbonyl (C=O) groups is 2. The monoisotopic (exact) mass is 338 g/mol. The van der Waals surface area contributed by atoms with Gasteiger partial charge in [0.1, 0.15) is 0 Å². The molecule has 3 rings (SSSR count). The van der Waals surface area contributed by atoms with Crippen LogP contribution in [-0.2, 0) is 16.1 Å². The molecule has 2 atom stereocenters. The Labute approximate surface area is 147 Å². The van der Waals surface area contributed by atoms with Crippen molar-refractivity contribution in [3.63, 3.8) is 0 Å². The predicted molar refractivity (Wildman–Crippen MR) is 94.6 cm³/mol. The summed E-state index contributed by atoms with van der Waals surface area (Å²) in [7, 11) is 1.80. The Bertz CT molecular complexity index is 769. The van der Waals surface area contributed by atoms with E-state index in [2.05, 4.69) is 29.1 Å². The standard InChI is InChI=1S/C19H22N4O2/c1-3-17(24)20-10-15-9-18(25)22(2)19(15)16-11-21-23(13-16)12-14-7-5-4-6-8-14/h3-8,11,13,15,19H,1,9-10,12H2,2H3,(H,20,24)/t15-,19+/m1/s1. The lowest BCUT2D eigenvalue weighted by Gasteiger charge is -2.24. The van der Waals surface area contributed by atoms with Crippen molar-refractivity contribution in [2.24, 2.45) is 5.92 Å². The fraction of sp³-hybridized carbons (Fsp3) is 0.316. The first kappa shape index (κ1) is 17.0. The van der Waals surface area contributed by atoms with Gasteiger partial charge in [-0.1, -0.05) is 36.9 Å². The molecule has 0 saturated carbocycles. The van der Waals surface area contributed by atoms with Crippen LogP contribution in [0.5, 0.6) is 0 Å². The SMILES string of the molecule is C=CC(=O)NC[C@H]1CC(=O)N(C)[C@@H]1c1cnn(Cc2ccccc2)c1. The number of benzene rings is 1. The minimum absolute atomic E-state index is 0.0239. The Kier molecular flexibility index (Phi) is 4.97. The summed E-state index contributed by atoms with van der Waals surface area (Å²) in [4.78, 5) is 25.3. The number of aromatic nitrogens is 2. The molecule has 25 heavy (non-hydrogen) atoms. The van der Waals surface area contributed by atoms with Crippen LogP contribution in [0.25, 0.3) is 0 Å². The van der Waals surface area contributed by atoms with Gasteiger partial charge in [0.05, 0.1) is 18.8 Å². The van der Waals surface area contributed by atoms with E-state index in [0.717, 1.165) is 5.56 Å². The fourth-order valence-corrected chi connectivity index (χ4v) is 3.32. The zero-order valence-electron chi connectivity index (χ0n) is 14.3. The van der Waals surface area contributed by atoms with Crippen molar-refractivity contribution in [1.29, 1.82) is 0 Å². The first-order valence-corrected chi connectivity index (χ1v) is 8.30. The van der Waals surface area contributed by atoms with Crippen molar-refractivity contribution in [1.82, 2.24) is 20.0 Å². The summed E-state index contributed by atoms with van der Waals surface area (Å²) in [6.45, 7) is 4.58. The first-order chi connectivity index (χ1) is 12.1. The number of likely N-dealkylation sites (tertiary alicyclic amines) is 1. The maximum Gasteiger partial charge on any atom is 0.243 e. The van der Waals surface area contributed by atoms with Crippen LogP contribution >= 0.6 is 0 Å². The van der Waals surface area contributed by atoms with Crippen LogP contribution in [0.1, 0.15) is 23.6 Å². The predicted octanol–water partition coefficient (Wildman–Crippen LogP) is 1.75. The van der Waals surface area contributed by atoms with Crippen LogP contribution in [0.4, 0.5) is 0 Å². The Morgan fingerprint density at radius 2 is 2.16 bits per heavy atom. The normalized spacial score (nSPS) is 19.9. The van der Waals surface area contributed by atoms with Gasteiger partial charge in [0.25, 0.3) is 0 Å². The quantitative estimate of drug-likeness (QED) is 0.816. The number of amides is 2. The second kappa shape index (κ2) is 7.34. The van der Waals surface area contributed by atoms with E-state index in [-0.39, 0.29) is 23.8 Å². The number of hydrogen-bond donors (Lipinski definition) is 1. The highest BCUT2D eigenvalue weighted by Gasteiger charge is 2.39. The molecule has 1 aromatic carbocycles. The van der Waals surface area contributed by atoms with Gasteiger partial charge in [-0.25, -0.2) is 0 Å². The largest absolute Gasteiger partial charge is 0.352 e. The number of hydrogen-bond acceptors (Lipinski definition) is 3. The molecule has 2 amide bonds. The van der Waals surface area contributed by atoms with Gasteiger partial charge in [0, 0.05) is 37.7 Å². The topological polar surface area (TPSA) is 67.2 Å². The molecule has 2 heterocycles. The number of nitrogens with zero attached hydrogens (tertiary/aromatic N) is 3. The molecule has 1 aliphatic rings. The van der Waals surface area contributed by atoms with E-state index >= 15 is 0 Å². The number of rotatable bonds is 6. The van der Waals surface area contributed by atoms with Gasteiger partial charge in [-0.05, 0) is 11.6 Å². The van der Waals surface area contributed by atoms with E-state index in [1.54, 1.807) is 11.9 Å².